The van der Waals surface area contributed by atoms with Gasteiger partial charge in [0.2, 0.25) is 0 Å². The van der Waals surface area contributed by atoms with Crippen molar-refractivity contribution in [1.82, 2.24) is 0 Å². The summed E-state index contributed by atoms with van der Waals surface area (Å²) in [6.45, 7) is 2.10. The zero-order chi connectivity index (χ0) is 11.3. The molecule has 0 radical (unpaired) electrons. The summed E-state index contributed by atoms with van der Waals surface area (Å²) < 4.78 is 0. The quantitative estimate of drug-likeness (QED) is 0.650. The molecule has 1 saturated carbocycles. The van der Waals surface area contributed by atoms with Gasteiger partial charge in [-0.3, -0.25) is 4.79 Å². The highest BCUT2D eigenvalue weighted by Gasteiger charge is 2.23. The Morgan fingerprint density at radius 3 is 2.67 bits per heavy atom. The first-order valence-corrected chi connectivity index (χ1v) is 6.10. The van der Waals surface area contributed by atoms with Gasteiger partial charge in [0.05, 0.1) is 6.42 Å². The van der Waals surface area contributed by atoms with E-state index in [1.165, 1.54) is 25.7 Å². The van der Waals surface area contributed by atoms with Crippen molar-refractivity contribution in [3.8, 4) is 0 Å². The molecule has 1 aliphatic rings. The highest BCUT2D eigenvalue weighted by atomic mass is 16.4. The third-order valence-electron chi connectivity index (χ3n) is 3.42. The molecule has 0 amide bonds. The number of carboxylic acids is 1. The first-order valence-electron chi connectivity index (χ1n) is 6.10. The first-order chi connectivity index (χ1) is 7.13. The van der Waals surface area contributed by atoms with Gasteiger partial charge in [0.1, 0.15) is 0 Å². The van der Waals surface area contributed by atoms with Crippen LogP contribution in [0.2, 0.25) is 0 Å². The normalized spacial score (nSPS) is 19.9. The van der Waals surface area contributed by atoms with Gasteiger partial charge in [-0.05, 0) is 18.3 Å². The highest BCUT2D eigenvalue weighted by Crippen LogP contribution is 2.34. The molecule has 88 valence electrons. The van der Waals surface area contributed by atoms with Crippen LogP contribution in [-0.2, 0) is 4.79 Å². The Morgan fingerprint density at radius 1 is 1.53 bits per heavy atom. The number of nitrogens with two attached hydrogens (primary N) is 1. The molecule has 0 aromatic heterocycles. The van der Waals surface area contributed by atoms with Gasteiger partial charge in [-0.2, -0.15) is 0 Å². The van der Waals surface area contributed by atoms with E-state index in [2.05, 4.69) is 6.92 Å². The summed E-state index contributed by atoms with van der Waals surface area (Å²) in [7, 11) is 0. The molecule has 15 heavy (non-hydrogen) atoms. The van der Waals surface area contributed by atoms with Crippen LogP contribution < -0.4 is 5.73 Å². The molecular weight excluding hydrogens is 190 g/mol. The fraction of sp³-hybridized carbons (Fsp3) is 0.917. The van der Waals surface area contributed by atoms with Crippen LogP contribution in [0, 0.1) is 11.8 Å². The largest absolute Gasteiger partial charge is 0.481 e. The predicted molar refractivity (Wildman–Crippen MR) is 60.6 cm³/mol. The van der Waals surface area contributed by atoms with Gasteiger partial charge in [0.25, 0.3) is 0 Å². The lowest BCUT2D eigenvalue weighted by atomic mass is 9.89. The van der Waals surface area contributed by atoms with E-state index >= 15 is 0 Å². The van der Waals surface area contributed by atoms with E-state index in [9.17, 15) is 4.79 Å². The van der Waals surface area contributed by atoms with Gasteiger partial charge >= 0.3 is 5.97 Å². The molecule has 0 saturated heterocycles. The lowest BCUT2D eigenvalue weighted by Crippen LogP contribution is -2.32. The van der Waals surface area contributed by atoms with E-state index in [4.69, 9.17) is 10.8 Å². The van der Waals surface area contributed by atoms with Crippen LogP contribution in [0.25, 0.3) is 0 Å². The van der Waals surface area contributed by atoms with Crippen molar-refractivity contribution in [3.05, 3.63) is 0 Å². The predicted octanol–water partition coefficient (Wildman–Crippen LogP) is 2.39. The van der Waals surface area contributed by atoms with Crippen molar-refractivity contribution >= 4 is 5.97 Å². The summed E-state index contributed by atoms with van der Waals surface area (Å²) in [6, 6.07) is -0.160. The average molecular weight is 213 g/mol. The number of rotatable bonds is 8. The molecular formula is C12H23NO2. The summed E-state index contributed by atoms with van der Waals surface area (Å²) in [5.41, 5.74) is 5.88. The second kappa shape index (κ2) is 6.11. The van der Waals surface area contributed by atoms with Crippen molar-refractivity contribution < 1.29 is 9.90 Å². The van der Waals surface area contributed by atoms with Crippen LogP contribution in [0.15, 0.2) is 0 Å². The fourth-order valence-corrected chi connectivity index (χ4v) is 2.16. The zero-order valence-corrected chi connectivity index (χ0v) is 9.61. The van der Waals surface area contributed by atoms with Crippen LogP contribution in [0.5, 0.6) is 0 Å². The maximum absolute atomic E-state index is 10.5. The molecule has 0 bridgehead atoms. The van der Waals surface area contributed by atoms with Crippen LogP contribution in [-0.4, -0.2) is 17.1 Å². The number of carbonyl (C=O) groups is 1. The van der Waals surface area contributed by atoms with Crippen molar-refractivity contribution in [3.63, 3.8) is 0 Å². The molecule has 1 aliphatic carbocycles. The summed E-state index contributed by atoms with van der Waals surface area (Å²) in [5, 5.41) is 8.67. The van der Waals surface area contributed by atoms with Gasteiger partial charge in [-0.1, -0.05) is 39.0 Å². The Morgan fingerprint density at radius 2 is 2.20 bits per heavy atom. The van der Waals surface area contributed by atoms with Crippen molar-refractivity contribution in [2.75, 3.05) is 0 Å². The van der Waals surface area contributed by atoms with Crippen molar-refractivity contribution in [1.29, 1.82) is 0 Å². The molecule has 3 heteroatoms. The Hall–Kier alpha value is -0.570. The van der Waals surface area contributed by atoms with E-state index in [0.29, 0.717) is 5.92 Å². The van der Waals surface area contributed by atoms with Gasteiger partial charge < -0.3 is 10.8 Å². The van der Waals surface area contributed by atoms with E-state index < -0.39 is 5.97 Å². The molecule has 2 atom stereocenters. The van der Waals surface area contributed by atoms with Crippen LogP contribution in [0.4, 0.5) is 0 Å². The molecule has 3 nitrogen and oxygen atoms in total. The summed E-state index contributed by atoms with van der Waals surface area (Å²) in [5.74, 6) is 0.584. The molecule has 1 fully saturated rings. The molecule has 0 aromatic carbocycles. The SMILES string of the molecule is CCC(CCCC1CC1)C(N)CC(=O)O. The standard InChI is InChI=1S/C12H23NO2/c1-2-10(11(13)8-12(14)15)5-3-4-9-6-7-9/h9-11H,2-8,13H2,1H3,(H,14,15). The summed E-state index contributed by atoms with van der Waals surface area (Å²) in [4.78, 5) is 10.5. The maximum atomic E-state index is 10.5. The Bertz CT molecular complexity index is 202. The Balaban J connectivity index is 2.16. The Kier molecular flexibility index (Phi) is 5.09. The topological polar surface area (TPSA) is 63.3 Å². The van der Waals surface area contributed by atoms with Gasteiger partial charge in [-0.25, -0.2) is 0 Å². The average Bonchev–Trinajstić information content (AvgIpc) is 2.94. The Labute approximate surface area is 92.0 Å². The van der Waals surface area contributed by atoms with Gasteiger partial charge in [-0.15, -0.1) is 0 Å². The van der Waals surface area contributed by atoms with Gasteiger partial charge in [0, 0.05) is 6.04 Å². The minimum absolute atomic E-state index is 0.113. The minimum atomic E-state index is -0.775. The third kappa shape index (κ3) is 5.17. The number of hydrogen-bond donors (Lipinski definition) is 2. The van der Waals surface area contributed by atoms with Crippen LogP contribution >= 0.6 is 0 Å². The van der Waals surface area contributed by atoms with Crippen molar-refractivity contribution in [2.24, 2.45) is 17.6 Å². The van der Waals surface area contributed by atoms with Crippen LogP contribution in [0.3, 0.4) is 0 Å². The highest BCUT2D eigenvalue weighted by molar-refractivity contribution is 5.67. The molecule has 1 rings (SSSR count). The smallest absolute Gasteiger partial charge is 0.304 e. The van der Waals surface area contributed by atoms with Crippen LogP contribution in [0.1, 0.15) is 51.9 Å². The maximum Gasteiger partial charge on any atom is 0.304 e. The lowest BCUT2D eigenvalue weighted by molar-refractivity contribution is -0.137. The molecule has 0 spiro atoms. The summed E-state index contributed by atoms with van der Waals surface area (Å²) >= 11 is 0. The second-order valence-electron chi connectivity index (χ2n) is 4.80. The number of carboxylic acid groups (broad SMARTS) is 1. The minimum Gasteiger partial charge on any atom is -0.481 e. The first kappa shape index (κ1) is 12.5. The molecule has 3 N–H and O–H groups in total. The second-order valence-corrected chi connectivity index (χ2v) is 4.80. The number of aliphatic carboxylic acids is 1. The van der Waals surface area contributed by atoms with E-state index in [1.807, 2.05) is 0 Å². The molecule has 2 unspecified atom stereocenters. The lowest BCUT2D eigenvalue weighted by Gasteiger charge is -2.21. The van der Waals surface area contributed by atoms with E-state index in [1.54, 1.807) is 0 Å². The molecule has 0 aliphatic heterocycles. The fourth-order valence-electron chi connectivity index (χ4n) is 2.16. The third-order valence-corrected chi connectivity index (χ3v) is 3.42. The zero-order valence-electron chi connectivity index (χ0n) is 9.61. The molecule has 0 heterocycles. The van der Waals surface area contributed by atoms with Gasteiger partial charge in [0.15, 0.2) is 0 Å². The van der Waals surface area contributed by atoms with E-state index in [0.717, 1.165) is 18.8 Å². The van der Waals surface area contributed by atoms with E-state index in [-0.39, 0.29) is 12.5 Å². The molecule has 0 aromatic rings. The monoisotopic (exact) mass is 213 g/mol. The van der Waals surface area contributed by atoms with Crippen molar-refractivity contribution in [2.45, 2.75) is 57.9 Å². The number of hydrogen-bond acceptors (Lipinski definition) is 2. The summed E-state index contributed by atoms with van der Waals surface area (Å²) in [6.07, 6.45) is 7.55.